The summed E-state index contributed by atoms with van der Waals surface area (Å²) in [5, 5.41) is 11.8. The zero-order valence-corrected chi connectivity index (χ0v) is 24.9. The number of fused-ring (bicyclic) bond motifs is 2. The molecule has 0 saturated heterocycles. The summed E-state index contributed by atoms with van der Waals surface area (Å²) in [6.07, 6.45) is 2.49. The molecule has 3 aromatic carbocycles. The van der Waals surface area contributed by atoms with Crippen molar-refractivity contribution in [3.05, 3.63) is 70.5 Å². The first kappa shape index (κ1) is 26.9. The minimum Gasteiger partial charge on any atom is -0.479 e. The quantitative estimate of drug-likeness (QED) is 0.219. The zero-order valence-electron chi connectivity index (χ0n) is 23.3. The predicted octanol–water partition coefficient (Wildman–Crippen LogP) is 8.92. The van der Waals surface area contributed by atoms with Crippen LogP contribution in [0.15, 0.2) is 48.5 Å². The summed E-state index contributed by atoms with van der Waals surface area (Å²) in [5.74, 6) is 0.0207. The van der Waals surface area contributed by atoms with E-state index in [1.54, 1.807) is 11.3 Å². The number of halogens is 1. The van der Waals surface area contributed by atoms with Crippen LogP contribution in [-0.4, -0.2) is 31.2 Å². The minimum atomic E-state index is -1.14. The molecule has 0 spiro atoms. The molecule has 40 heavy (non-hydrogen) atoms. The van der Waals surface area contributed by atoms with E-state index in [2.05, 4.69) is 29.7 Å². The number of benzene rings is 3. The van der Waals surface area contributed by atoms with Crippen molar-refractivity contribution in [3.63, 3.8) is 0 Å². The maximum atomic E-state index is 12.6. The normalized spacial score (nSPS) is 15.1. The van der Waals surface area contributed by atoms with Crippen molar-refractivity contribution in [2.24, 2.45) is 0 Å². The third-order valence-corrected chi connectivity index (χ3v) is 8.96. The molecule has 0 aliphatic heterocycles. The second-order valence-corrected chi connectivity index (χ2v) is 13.1. The van der Waals surface area contributed by atoms with Gasteiger partial charge in [-0.25, -0.2) is 14.8 Å². The Labute approximate surface area is 242 Å². The molecule has 0 bridgehead atoms. The van der Waals surface area contributed by atoms with E-state index in [1.807, 2.05) is 58.0 Å². The van der Waals surface area contributed by atoms with Crippen molar-refractivity contribution < 1.29 is 14.6 Å². The Morgan fingerprint density at radius 1 is 1.05 bits per heavy atom. The molecule has 1 saturated carbocycles. The van der Waals surface area contributed by atoms with E-state index in [9.17, 15) is 9.90 Å². The molecule has 8 heteroatoms. The van der Waals surface area contributed by atoms with Gasteiger partial charge in [-0.2, -0.15) is 0 Å². The number of aliphatic carboxylic acids is 1. The SMILES string of the molecule is Cc1cc2nc(-c3ccc4nc(C)n(C5CCC5)c4c3)sc2c(-c2ccc(Cl)cc2)c1[C@H](OC(C)(C)C)C(=O)O. The van der Waals surface area contributed by atoms with Gasteiger partial charge in [0.05, 0.1) is 26.9 Å². The van der Waals surface area contributed by atoms with Crippen LogP contribution < -0.4 is 0 Å². The molecule has 6 rings (SSSR count). The number of imidazole rings is 1. The standard InChI is InChI=1S/C32H32ClN3O3S/c1-17-15-24-29(27(19-9-12-21(33)13-10-19)26(17)28(31(37)38)39-32(3,4)5)40-30(35-24)20-11-14-23-25(16-20)36(18(2)34-23)22-7-6-8-22/h9-16,22,28H,6-8H2,1-5H3,(H,37,38)/t28-/m0/s1. The van der Waals surface area contributed by atoms with Crippen LogP contribution in [0.2, 0.25) is 5.02 Å². The fourth-order valence-electron chi connectivity index (χ4n) is 5.61. The van der Waals surface area contributed by atoms with Crippen LogP contribution in [0.25, 0.3) is 42.9 Å². The summed E-state index contributed by atoms with van der Waals surface area (Å²) in [7, 11) is 0. The molecular formula is C32H32ClN3O3S. The molecule has 206 valence electrons. The topological polar surface area (TPSA) is 77.2 Å². The Balaban J connectivity index is 1.57. The van der Waals surface area contributed by atoms with E-state index in [1.165, 1.54) is 19.3 Å². The van der Waals surface area contributed by atoms with Gasteiger partial charge in [0, 0.05) is 27.8 Å². The van der Waals surface area contributed by atoms with Gasteiger partial charge in [-0.1, -0.05) is 23.7 Å². The Kier molecular flexibility index (Phi) is 6.72. The maximum Gasteiger partial charge on any atom is 0.337 e. The molecule has 1 N–H and O–H groups in total. The van der Waals surface area contributed by atoms with Gasteiger partial charge in [-0.05, 0) is 101 Å². The maximum absolute atomic E-state index is 12.6. The predicted molar refractivity (Wildman–Crippen MR) is 162 cm³/mol. The van der Waals surface area contributed by atoms with Gasteiger partial charge in [0.15, 0.2) is 6.10 Å². The molecule has 1 aliphatic rings. The van der Waals surface area contributed by atoms with Gasteiger partial charge in [0.1, 0.15) is 10.8 Å². The van der Waals surface area contributed by atoms with E-state index in [0.29, 0.717) is 16.6 Å². The molecule has 1 atom stereocenters. The number of rotatable bonds is 6. The van der Waals surface area contributed by atoms with Gasteiger partial charge in [-0.3, -0.25) is 0 Å². The Morgan fingerprint density at radius 2 is 1.75 bits per heavy atom. The Morgan fingerprint density at radius 3 is 2.38 bits per heavy atom. The first-order chi connectivity index (χ1) is 19.0. The lowest BCUT2D eigenvalue weighted by molar-refractivity contribution is -0.160. The van der Waals surface area contributed by atoms with Crippen molar-refractivity contribution in [2.75, 3.05) is 0 Å². The summed E-state index contributed by atoms with van der Waals surface area (Å²) in [6, 6.07) is 16.4. The number of carboxylic acid groups (broad SMARTS) is 1. The number of carbonyl (C=O) groups is 1. The van der Waals surface area contributed by atoms with Crippen LogP contribution in [0, 0.1) is 13.8 Å². The van der Waals surface area contributed by atoms with E-state index in [-0.39, 0.29) is 0 Å². The average Bonchev–Trinajstić information content (AvgIpc) is 3.41. The molecule has 0 radical (unpaired) electrons. The lowest BCUT2D eigenvalue weighted by Crippen LogP contribution is -2.28. The molecule has 6 nitrogen and oxygen atoms in total. The van der Waals surface area contributed by atoms with Gasteiger partial charge in [-0.15, -0.1) is 11.3 Å². The zero-order chi connectivity index (χ0) is 28.3. The number of aromatic nitrogens is 3. The van der Waals surface area contributed by atoms with E-state index in [0.717, 1.165) is 54.3 Å². The summed E-state index contributed by atoms with van der Waals surface area (Å²) in [4.78, 5) is 22.5. The van der Waals surface area contributed by atoms with E-state index < -0.39 is 17.7 Å². The van der Waals surface area contributed by atoms with Gasteiger partial charge >= 0.3 is 5.97 Å². The number of nitrogens with zero attached hydrogens (tertiary/aromatic N) is 3. The van der Waals surface area contributed by atoms with Crippen molar-refractivity contribution in [1.82, 2.24) is 14.5 Å². The highest BCUT2D eigenvalue weighted by atomic mass is 35.5. The molecule has 1 aliphatic carbocycles. The number of carboxylic acids is 1. The van der Waals surface area contributed by atoms with Crippen molar-refractivity contribution in [1.29, 1.82) is 0 Å². The van der Waals surface area contributed by atoms with Crippen LogP contribution >= 0.6 is 22.9 Å². The van der Waals surface area contributed by atoms with Gasteiger partial charge < -0.3 is 14.4 Å². The van der Waals surface area contributed by atoms with Gasteiger partial charge in [0.25, 0.3) is 0 Å². The van der Waals surface area contributed by atoms with Crippen molar-refractivity contribution >= 4 is 50.2 Å². The van der Waals surface area contributed by atoms with Gasteiger partial charge in [0.2, 0.25) is 0 Å². The minimum absolute atomic E-state index is 0.508. The number of hydrogen-bond acceptors (Lipinski definition) is 5. The first-order valence-electron chi connectivity index (χ1n) is 13.6. The summed E-state index contributed by atoms with van der Waals surface area (Å²) in [6.45, 7) is 9.62. The molecule has 2 heterocycles. The third-order valence-electron chi connectivity index (χ3n) is 7.57. The van der Waals surface area contributed by atoms with Crippen LogP contribution in [-0.2, 0) is 9.53 Å². The molecule has 0 unspecified atom stereocenters. The van der Waals surface area contributed by atoms with Crippen LogP contribution in [0.4, 0.5) is 0 Å². The lowest BCUT2D eigenvalue weighted by Gasteiger charge is -2.28. The highest BCUT2D eigenvalue weighted by molar-refractivity contribution is 7.22. The Bertz CT molecular complexity index is 1760. The largest absolute Gasteiger partial charge is 0.479 e. The van der Waals surface area contributed by atoms with E-state index >= 15 is 0 Å². The number of thiazole rings is 1. The van der Waals surface area contributed by atoms with E-state index in [4.69, 9.17) is 26.3 Å². The molecule has 2 aromatic heterocycles. The van der Waals surface area contributed by atoms with Crippen LogP contribution in [0.5, 0.6) is 0 Å². The average molecular weight is 574 g/mol. The van der Waals surface area contributed by atoms with Crippen molar-refractivity contribution in [2.45, 2.75) is 71.6 Å². The molecule has 5 aromatic rings. The number of aryl methyl sites for hydroxylation is 2. The second-order valence-electron chi connectivity index (χ2n) is 11.6. The summed E-state index contributed by atoms with van der Waals surface area (Å²) < 4.78 is 9.44. The highest BCUT2D eigenvalue weighted by Gasteiger charge is 2.32. The first-order valence-corrected chi connectivity index (χ1v) is 14.8. The number of hydrogen-bond donors (Lipinski definition) is 1. The number of ether oxygens (including phenoxy) is 1. The summed E-state index contributed by atoms with van der Waals surface area (Å²) >= 11 is 7.81. The van der Waals surface area contributed by atoms with Crippen LogP contribution in [0.1, 0.15) is 69.1 Å². The Hall–Kier alpha value is -3.26. The van der Waals surface area contributed by atoms with Crippen LogP contribution in [0.3, 0.4) is 0 Å². The highest BCUT2D eigenvalue weighted by Crippen LogP contribution is 2.45. The smallest absolute Gasteiger partial charge is 0.337 e. The summed E-state index contributed by atoms with van der Waals surface area (Å²) in [5.41, 5.74) is 6.49. The lowest BCUT2D eigenvalue weighted by atomic mass is 9.91. The molecule has 0 amide bonds. The third kappa shape index (κ3) is 4.80. The fraction of sp³-hybridized carbons (Fsp3) is 0.344. The second kappa shape index (κ2) is 9.98. The molecular weight excluding hydrogens is 542 g/mol. The monoisotopic (exact) mass is 573 g/mol. The van der Waals surface area contributed by atoms with Crippen molar-refractivity contribution in [3.8, 4) is 21.7 Å². The fourth-order valence-corrected chi connectivity index (χ4v) is 6.86. The molecule has 1 fully saturated rings.